The summed E-state index contributed by atoms with van der Waals surface area (Å²) < 4.78 is 0. The number of hydrogen-bond donors (Lipinski definition) is 1. The van der Waals surface area contributed by atoms with Crippen LogP contribution in [-0.4, -0.2) is 11.2 Å². The van der Waals surface area contributed by atoms with E-state index < -0.39 is 0 Å². The number of nitrogens with zero attached hydrogens (tertiary/aromatic N) is 1. The normalized spacial score (nSPS) is 12.7. The fourth-order valence-corrected chi connectivity index (χ4v) is 0.884. The smallest absolute Gasteiger partial charge is 0.0747 e. The van der Waals surface area contributed by atoms with Crippen LogP contribution in [0.25, 0.3) is 0 Å². The van der Waals surface area contributed by atoms with E-state index in [9.17, 15) is 5.11 Å². The fourth-order valence-electron chi connectivity index (χ4n) is 0.884. The van der Waals surface area contributed by atoms with Gasteiger partial charge in [0.15, 0.2) is 0 Å². The van der Waals surface area contributed by atoms with E-state index in [4.69, 9.17) is 5.26 Å². The molecule has 0 saturated heterocycles. The van der Waals surface area contributed by atoms with Gasteiger partial charge in [-0.25, -0.2) is 0 Å². The SMILES string of the molecule is C=C(C)C(O)CCC=CCCC#N. The van der Waals surface area contributed by atoms with Crippen molar-refractivity contribution in [2.45, 2.75) is 38.7 Å². The topological polar surface area (TPSA) is 44.0 Å². The lowest BCUT2D eigenvalue weighted by Gasteiger charge is -2.06. The Hall–Kier alpha value is -1.07. The molecule has 72 valence electrons. The lowest BCUT2D eigenvalue weighted by molar-refractivity contribution is 0.202. The summed E-state index contributed by atoms with van der Waals surface area (Å²) in [5, 5.41) is 17.6. The second-order valence-electron chi connectivity index (χ2n) is 3.11. The molecule has 0 spiro atoms. The second kappa shape index (κ2) is 7.57. The van der Waals surface area contributed by atoms with E-state index in [1.165, 1.54) is 0 Å². The minimum absolute atomic E-state index is 0.388. The highest BCUT2D eigenvalue weighted by Crippen LogP contribution is 2.06. The third-order valence-corrected chi connectivity index (χ3v) is 1.77. The van der Waals surface area contributed by atoms with E-state index in [0.717, 1.165) is 24.8 Å². The Morgan fingerprint density at radius 2 is 2.15 bits per heavy atom. The van der Waals surface area contributed by atoms with Crippen molar-refractivity contribution in [3.8, 4) is 6.07 Å². The molecule has 0 aliphatic heterocycles. The second-order valence-corrected chi connectivity index (χ2v) is 3.11. The Kier molecular flexibility index (Phi) is 6.95. The Morgan fingerprint density at radius 1 is 1.54 bits per heavy atom. The lowest BCUT2D eigenvalue weighted by atomic mass is 10.1. The number of aliphatic hydroxyl groups is 1. The van der Waals surface area contributed by atoms with Gasteiger partial charge in [0, 0.05) is 6.42 Å². The van der Waals surface area contributed by atoms with Crippen LogP contribution in [-0.2, 0) is 0 Å². The highest BCUT2D eigenvalue weighted by Gasteiger charge is 2.01. The average molecular weight is 179 g/mol. The third kappa shape index (κ3) is 7.30. The van der Waals surface area contributed by atoms with Crippen LogP contribution in [0, 0.1) is 11.3 Å². The summed E-state index contributed by atoms with van der Waals surface area (Å²) in [5.41, 5.74) is 0.811. The quantitative estimate of drug-likeness (QED) is 0.503. The maximum Gasteiger partial charge on any atom is 0.0747 e. The van der Waals surface area contributed by atoms with Gasteiger partial charge in [0.25, 0.3) is 0 Å². The van der Waals surface area contributed by atoms with E-state index in [-0.39, 0.29) is 6.10 Å². The summed E-state index contributed by atoms with van der Waals surface area (Å²) in [5.74, 6) is 0. The molecule has 0 aliphatic carbocycles. The van der Waals surface area contributed by atoms with Crippen LogP contribution in [0.15, 0.2) is 24.3 Å². The summed E-state index contributed by atoms with van der Waals surface area (Å²) >= 11 is 0. The first-order valence-corrected chi connectivity index (χ1v) is 4.54. The van der Waals surface area contributed by atoms with Crippen LogP contribution >= 0.6 is 0 Å². The van der Waals surface area contributed by atoms with E-state index >= 15 is 0 Å². The molecule has 0 rings (SSSR count). The molecule has 2 nitrogen and oxygen atoms in total. The van der Waals surface area contributed by atoms with Gasteiger partial charge in [-0.1, -0.05) is 24.3 Å². The van der Waals surface area contributed by atoms with Crippen molar-refractivity contribution in [3.63, 3.8) is 0 Å². The first-order valence-electron chi connectivity index (χ1n) is 4.54. The third-order valence-electron chi connectivity index (χ3n) is 1.77. The summed E-state index contributed by atoms with van der Waals surface area (Å²) in [6.45, 7) is 5.49. The molecule has 1 N–H and O–H groups in total. The molecular weight excluding hydrogens is 162 g/mol. The minimum atomic E-state index is -0.388. The van der Waals surface area contributed by atoms with E-state index in [1.54, 1.807) is 0 Å². The molecule has 0 aliphatic rings. The van der Waals surface area contributed by atoms with Crippen molar-refractivity contribution in [2.24, 2.45) is 0 Å². The summed E-state index contributed by atoms with van der Waals surface area (Å²) in [4.78, 5) is 0. The maximum atomic E-state index is 9.34. The number of unbranched alkanes of at least 4 members (excludes halogenated alkanes) is 1. The van der Waals surface area contributed by atoms with Crippen molar-refractivity contribution < 1.29 is 5.11 Å². The first-order chi connectivity index (χ1) is 6.18. The summed E-state index contributed by atoms with van der Waals surface area (Å²) in [6, 6.07) is 2.07. The molecule has 13 heavy (non-hydrogen) atoms. The van der Waals surface area contributed by atoms with Gasteiger partial charge < -0.3 is 5.11 Å². The number of nitriles is 1. The molecule has 0 bridgehead atoms. The predicted octanol–water partition coefficient (Wildman–Crippen LogP) is 2.56. The molecule has 0 heterocycles. The zero-order valence-corrected chi connectivity index (χ0v) is 8.16. The van der Waals surface area contributed by atoms with Crippen molar-refractivity contribution >= 4 is 0 Å². The number of hydrogen-bond acceptors (Lipinski definition) is 2. The zero-order valence-electron chi connectivity index (χ0n) is 8.16. The zero-order chi connectivity index (χ0) is 10.1. The van der Waals surface area contributed by atoms with Gasteiger partial charge in [-0.05, 0) is 26.2 Å². The van der Waals surface area contributed by atoms with Gasteiger partial charge in [-0.15, -0.1) is 0 Å². The first kappa shape index (κ1) is 11.9. The highest BCUT2D eigenvalue weighted by atomic mass is 16.3. The molecule has 0 aromatic carbocycles. The molecule has 0 aromatic rings. The van der Waals surface area contributed by atoms with E-state index in [2.05, 4.69) is 12.6 Å². The summed E-state index contributed by atoms with van der Waals surface area (Å²) in [7, 11) is 0. The van der Waals surface area contributed by atoms with Crippen LogP contribution in [0.5, 0.6) is 0 Å². The van der Waals surface area contributed by atoms with Gasteiger partial charge in [-0.2, -0.15) is 5.26 Å². The lowest BCUT2D eigenvalue weighted by Crippen LogP contribution is -2.05. The molecular formula is C11H17NO. The van der Waals surface area contributed by atoms with Crippen LogP contribution in [0.1, 0.15) is 32.6 Å². The summed E-state index contributed by atoms with van der Waals surface area (Å²) in [6.07, 6.45) is 6.54. The van der Waals surface area contributed by atoms with Gasteiger partial charge in [-0.3, -0.25) is 0 Å². The molecule has 1 atom stereocenters. The van der Waals surface area contributed by atoms with Crippen molar-refractivity contribution in [1.29, 1.82) is 5.26 Å². The van der Waals surface area contributed by atoms with Crippen LogP contribution < -0.4 is 0 Å². The maximum absolute atomic E-state index is 9.34. The molecule has 0 aromatic heterocycles. The molecule has 0 amide bonds. The number of allylic oxidation sites excluding steroid dienone is 2. The molecule has 1 unspecified atom stereocenters. The van der Waals surface area contributed by atoms with E-state index in [0.29, 0.717) is 6.42 Å². The number of rotatable bonds is 6. The largest absolute Gasteiger partial charge is 0.389 e. The Balaban J connectivity index is 3.40. The Labute approximate surface area is 80.2 Å². The van der Waals surface area contributed by atoms with Gasteiger partial charge >= 0.3 is 0 Å². The Morgan fingerprint density at radius 3 is 2.69 bits per heavy atom. The van der Waals surface area contributed by atoms with Crippen LogP contribution in [0.3, 0.4) is 0 Å². The monoisotopic (exact) mass is 179 g/mol. The molecule has 0 radical (unpaired) electrons. The van der Waals surface area contributed by atoms with Gasteiger partial charge in [0.2, 0.25) is 0 Å². The highest BCUT2D eigenvalue weighted by molar-refractivity contribution is 4.97. The van der Waals surface area contributed by atoms with Crippen LogP contribution in [0.4, 0.5) is 0 Å². The average Bonchev–Trinajstić information content (AvgIpc) is 2.10. The van der Waals surface area contributed by atoms with Crippen molar-refractivity contribution in [1.82, 2.24) is 0 Å². The molecule has 0 saturated carbocycles. The van der Waals surface area contributed by atoms with Gasteiger partial charge in [0.1, 0.15) is 0 Å². The fraction of sp³-hybridized carbons (Fsp3) is 0.545. The van der Waals surface area contributed by atoms with Gasteiger partial charge in [0.05, 0.1) is 12.2 Å². The van der Waals surface area contributed by atoms with E-state index in [1.807, 2.05) is 19.1 Å². The number of aliphatic hydroxyl groups excluding tert-OH is 1. The van der Waals surface area contributed by atoms with Crippen molar-refractivity contribution in [3.05, 3.63) is 24.3 Å². The standard InChI is InChI=1S/C11H17NO/c1-10(2)11(13)8-6-4-3-5-7-9-12/h3-4,11,13H,1,5-8H2,2H3. The van der Waals surface area contributed by atoms with Crippen LogP contribution in [0.2, 0.25) is 0 Å². The molecule has 0 fully saturated rings. The molecule has 2 heteroatoms. The predicted molar refractivity (Wildman–Crippen MR) is 54.0 cm³/mol. The minimum Gasteiger partial charge on any atom is -0.389 e. The Bertz CT molecular complexity index is 213. The van der Waals surface area contributed by atoms with Crippen molar-refractivity contribution in [2.75, 3.05) is 0 Å².